The topological polar surface area (TPSA) is 108 Å². The average molecular weight is 276 g/mol. The standard InChI is InChI=1S/C13H16N4O3/c1-4-13(3,14)12-15-11(20-16-12)9-7-8(2)5-6-10(9)17(18)19/h5-7H,4,14H2,1-3H3. The lowest BCUT2D eigenvalue weighted by atomic mass is 10.00. The highest BCUT2D eigenvalue weighted by Gasteiger charge is 2.27. The van der Waals surface area contributed by atoms with Crippen LogP contribution in [0, 0.1) is 17.0 Å². The van der Waals surface area contributed by atoms with Crippen molar-refractivity contribution in [3.05, 3.63) is 39.7 Å². The Labute approximate surface area is 115 Å². The van der Waals surface area contributed by atoms with E-state index < -0.39 is 10.5 Å². The fourth-order valence-corrected chi connectivity index (χ4v) is 1.70. The average Bonchev–Trinajstić information content (AvgIpc) is 2.88. The summed E-state index contributed by atoms with van der Waals surface area (Å²) in [5.41, 5.74) is 6.43. The Bertz CT molecular complexity index is 649. The summed E-state index contributed by atoms with van der Waals surface area (Å²) in [5, 5.41) is 14.9. The number of aryl methyl sites for hydroxylation is 1. The highest BCUT2D eigenvalue weighted by Crippen LogP contribution is 2.31. The molecule has 2 rings (SSSR count). The minimum atomic E-state index is -0.722. The Kier molecular flexibility index (Phi) is 3.54. The predicted octanol–water partition coefficient (Wildman–Crippen LogP) is 2.54. The number of hydrogen-bond acceptors (Lipinski definition) is 6. The van der Waals surface area contributed by atoms with Gasteiger partial charge in [-0.1, -0.05) is 18.1 Å². The van der Waals surface area contributed by atoms with E-state index in [0.29, 0.717) is 17.8 Å². The quantitative estimate of drug-likeness (QED) is 0.679. The molecule has 0 saturated carbocycles. The maximum Gasteiger partial charge on any atom is 0.282 e. The minimum absolute atomic E-state index is 0.0685. The third kappa shape index (κ3) is 2.53. The van der Waals surface area contributed by atoms with Gasteiger partial charge in [0.2, 0.25) is 0 Å². The van der Waals surface area contributed by atoms with Gasteiger partial charge in [0.05, 0.1) is 10.5 Å². The van der Waals surface area contributed by atoms with Crippen molar-refractivity contribution in [3.63, 3.8) is 0 Å². The fourth-order valence-electron chi connectivity index (χ4n) is 1.70. The summed E-state index contributed by atoms with van der Waals surface area (Å²) in [6, 6.07) is 4.74. The smallest absolute Gasteiger partial charge is 0.282 e. The van der Waals surface area contributed by atoms with Crippen molar-refractivity contribution in [1.82, 2.24) is 10.1 Å². The van der Waals surface area contributed by atoms with E-state index in [1.807, 2.05) is 13.8 Å². The van der Waals surface area contributed by atoms with Crippen LogP contribution in [-0.2, 0) is 5.54 Å². The fraction of sp³-hybridized carbons (Fsp3) is 0.385. The van der Waals surface area contributed by atoms with Crippen LogP contribution in [0.4, 0.5) is 5.69 Å². The number of aromatic nitrogens is 2. The number of hydrogen-bond donors (Lipinski definition) is 1. The maximum atomic E-state index is 11.1. The molecule has 0 radical (unpaired) electrons. The Morgan fingerprint density at radius 1 is 1.50 bits per heavy atom. The molecule has 0 aliphatic carbocycles. The Morgan fingerprint density at radius 2 is 2.20 bits per heavy atom. The lowest BCUT2D eigenvalue weighted by molar-refractivity contribution is -0.384. The van der Waals surface area contributed by atoms with E-state index >= 15 is 0 Å². The van der Waals surface area contributed by atoms with Crippen molar-refractivity contribution >= 4 is 5.69 Å². The summed E-state index contributed by atoms with van der Waals surface area (Å²) in [6.07, 6.45) is 0.627. The van der Waals surface area contributed by atoms with E-state index in [1.54, 1.807) is 19.1 Å². The second-order valence-electron chi connectivity index (χ2n) is 4.97. The summed E-state index contributed by atoms with van der Waals surface area (Å²) in [5.74, 6) is 0.450. The molecule has 106 valence electrons. The molecule has 0 amide bonds. The molecule has 2 aromatic rings. The third-order valence-corrected chi connectivity index (χ3v) is 3.25. The first kappa shape index (κ1) is 14.1. The van der Waals surface area contributed by atoms with Gasteiger partial charge in [-0.05, 0) is 31.9 Å². The molecule has 7 heteroatoms. The van der Waals surface area contributed by atoms with Crippen LogP contribution in [-0.4, -0.2) is 15.1 Å². The molecule has 1 unspecified atom stereocenters. The van der Waals surface area contributed by atoms with Crippen molar-refractivity contribution in [1.29, 1.82) is 0 Å². The molecule has 2 N–H and O–H groups in total. The molecule has 1 aromatic carbocycles. The van der Waals surface area contributed by atoms with Crippen LogP contribution in [0.3, 0.4) is 0 Å². The number of benzene rings is 1. The van der Waals surface area contributed by atoms with Crippen LogP contribution in [0.5, 0.6) is 0 Å². The minimum Gasteiger partial charge on any atom is -0.334 e. The molecule has 0 aliphatic rings. The molecule has 0 bridgehead atoms. The van der Waals surface area contributed by atoms with E-state index in [0.717, 1.165) is 5.56 Å². The van der Waals surface area contributed by atoms with E-state index in [9.17, 15) is 10.1 Å². The number of nitro groups is 1. The largest absolute Gasteiger partial charge is 0.334 e. The molecule has 20 heavy (non-hydrogen) atoms. The Morgan fingerprint density at radius 3 is 2.80 bits per heavy atom. The molecule has 0 fully saturated rings. The van der Waals surface area contributed by atoms with Crippen LogP contribution in [0.25, 0.3) is 11.5 Å². The first-order valence-electron chi connectivity index (χ1n) is 6.23. The van der Waals surface area contributed by atoms with Crippen LogP contribution >= 0.6 is 0 Å². The molecule has 1 aromatic heterocycles. The summed E-state index contributed by atoms with van der Waals surface area (Å²) >= 11 is 0. The lowest BCUT2D eigenvalue weighted by Crippen LogP contribution is -2.33. The van der Waals surface area contributed by atoms with Crippen LogP contribution in [0.2, 0.25) is 0 Å². The highest BCUT2D eigenvalue weighted by molar-refractivity contribution is 5.67. The first-order valence-corrected chi connectivity index (χ1v) is 6.23. The van der Waals surface area contributed by atoms with E-state index in [4.69, 9.17) is 10.3 Å². The van der Waals surface area contributed by atoms with Gasteiger partial charge in [0.15, 0.2) is 5.82 Å². The van der Waals surface area contributed by atoms with Gasteiger partial charge in [-0.15, -0.1) is 0 Å². The Balaban J connectivity index is 2.52. The molecule has 0 spiro atoms. The number of nitrogens with zero attached hydrogens (tertiary/aromatic N) is 3. The third-order valence-electron chi connectivity index (χ3n) is 3.25. The van der Waals surface area contributed by atoms with E-state index in [1.165, 1.54) is 6.07 Å². The summed E-state index contributed by atoms with van der Waals surface area (Å²) in [4.78, 5) is 14.8. The molecular weight excluding hydrogens is 260 g/mol. The second kappa shape index (κ2) is 5.01. The zero-order valence-electron chi connectivity index (χ0n) is 11.6. The monoisotopic (exact) mass is 276 g/mol. The maximum absolute atomic E-state index is 11.1. The SMILES string of the molecule is CCC(C)(N)c1noc(-c2cc(C)ccc2[N+](=O)[O-])n1. The van der Waals surface area contributed by atoms with Gasteiger partial charge in [-0.3, -0.25) is 10.1 Å². The van der Waals surface area contributed by atoms with Crippen molar-refractivity contribution in [2.45, 2.75) is 32.7 Å². The van der Waals surface area contributed by atoms with Gasteiger partial charge in [-0.2, -0.15) is 4.98 Å². The number of rotatable bonds is 4. The zero-order valence-corrected chi connectivity index (χ0v) is 11.6. The molecule has 1 atom stereocenters. The Hall–Kier alpha value is -2.28. The zero-order chi connectivity index (χ0) is 14.9. The molecule has 7 nitrogen and oxygen atoms in total. The van der Waals surface area contributed by atoms with Crippen molar-refractivity contribution in [3.8, 4) is 11.5 Å². The van der Waals surface area contributed by atoms with Gasteiger partial charge in [-0.25, -0.2) is 0 Å². The van der Waals surface area contributed by atoms with Crippen molar-refractivity contribution in [2.24, 2.45) is 5.73 Å². The normalized spacial score (nSPS) is 14.0. The second-order valence-corrected chi connectivity index (χ2v) is 4.97. The summed E-state index contributed by atoms with van der Waals surface area (Å²) in [6.45, 7) is 5.53. The van der Waals surface area contributed by atoms with E-state index in [-0.39, 0.29) is 11.6 Å². The number of nitro benzene ring substituents is 1. The highest BCUT2D eigenvalue weighted by atomic mass is 16.6. The van der Waals surface area contributed by atoms with Gasteiger partial charge < -0.3 is 10.3 Å². The van der Waals surface area contributed by atoms with Crippen molar-refractivity contribution < 1.29 is 9.45 Å². The van der Waals surface area contributed by atoms with Crippen LogP contribution in [0.1, 0.15) is 31.7 Å². The van der Waals surface area contributed by atoms with Gasteiger partial charge in [0.25, 0.3) is 11.6 Å². The number of nitrogens with two attached hydrogens (primary N) is 1. The summed E-state index contributed by atoms with van der Waals surface area (Å²) in [7, 11) is 0. The van der Waals surface area contributed by atoms with Gasteiger partial charge >= 0.3 is 0 Å². The van der Waals surface area contributed by atoms with Gasteiger partial charge in [0.1, 0.15) is 5.56 Å². The van der Waals surface area contributed by atoms with Crippen LogP contribution in [0.15, 0.2) is 22.7 Å². The molecule has 1 heterocycles. The first-order chi connectivity index (χ1) is 9.35. The van der Waals surface area contributed by atoms with Gasteiger partial charge in [0, 0.05) is 6.07 Å². The predicted molar refractivity (Wildman–Crippen MR) is 73.0 cm³/mol. The molecule has 0 aliphatic heterocycles. The molecular formula is C13H16N4O3. The molecule has 0 saturated heterocycles. The van der Waals surface area contributed by atoms with E-state index in [2.05, 4.69) is 10.1 Å². The van der Waals surface area contributed by atoms with Crippen molar-refractivity contribution in [2.75, 3.05) is 0 Å². The lowest BCUT2D eigenvalue weighted by Gasteiger charge is -2.16. The van der Waals surface area contributed by atoms with Crippen LogP contribution < -0.4 is 5.73 Å². The summed E-state index contributed by atoms with van der Waals surface area (Å²) < 4.78 is 5.14.